The van der Waals surface area contributed by atoms with E-state index in [0.29, 0.717) is 0 Å². The molecular formula is C9H12BrNO. The Balaban J connectivity index is 3.12. The van der Waals surface area contributed by atoms with Gasteiger partial charge in [-0.15, -0.1) is 0 Å². The Bertz CT molecular complexity index is 273. The highest BCUT2D eigenvalue weighted by Gasteiger charge is 2.06. The Morgan fingerprint density at radius 1 is 1.50 bits per heavy atom. The van der Waals surface area contributed by atoms with Crippen molar-refractivity contribution in [2.24, 2.45) is 5.73 Å². The van der Waals surface area contributed by atoms with Crippen LogP contribution in [-0.2, 0) is 0 Å². The molecule has 0 saturated heterocycles. The van der Waals surface area contributed by atoms with E-state index in [2.05, 4.69) is 15.9 Å². The van der Waals surface area contributed by atoms with Gasteiger partial charge in [0.2, 0.25) is 0 Å². The van der Waals surface area contributed by atoms with Crippen molar-refractivity contribution >= 4 is 15.9 Å². The largest absolute Gasteiger partial charge is 0.496 e. The van der Waals surface area contributed by atoms with Crippen LogP contribution in [0.4, 0.5) is 0 Å². The molecule has 2 N–H and O–H groups in total. The number of hydrogen-bond donors (Lipinski definition) is 1. The first kappa shape index (κ1) is 9.55. The Hall–Kier alpha value is -0.540. The molecule has 0 aromatic heterocycles. The van der Waals surface area contributed by atoms with E-state index < -0.39 is 0 Å². The summed E-state index contributed by atoms with van der Waals surface area (Å²) in [6, 6.07) is 5.81. The van der Waals surface area contributed by atoms with Crippen molar-refractivity contribution in [1.82, 2.24) is 0 Å². The van der Waals surface area contributed by atoms with Gasteiger partial charge in [0, 0.05) is 16.1 Å². The lowest BCUT2D eigenvalue weighted by Gasteiger charge is -2.11. The second-order valence-corrected chi connectivity index (χ2v) is 3.59. The van der Waals surface area contributed by atoms with Crippen LogP contribution in [0.25, 0.3) is 0 Å². The number of hydrogen-bond acceptors (Lipinski definition) is 2. The summed E-state index contributed by atoms with van der Waals surface area (Å²) in [6.07, 6.45) is 0. The molecule has 0 spiro atoms. The Morgan fingerprint density at radius 2 is 2.17 bits per heavy atom. The van der Waals surface area contributed by atoms with E-state index in [1.807, 2.05) is 25.1 Å². The Kier molecular flexibility index (Phi) is 3.12. The van der Waals surface area contributed by atoms with Crippen molar-refractivity contribution in [2.45, 2.75) is 13.0 Å². The van der Waals surface area contributed by atoms with Gasteiger partial charge in [0.05, 0.1) is 7.11 Å². The van der Waals surface area contributed by atoms with Crippen LogP contribution in [-0.4, -0.2) is 7.11 Å². The van der Waals surface area contributed by atoms with Crippen LogP contribution in [0.2, 0.25) is 0 Å². The molecule has 0 bridgehead atoms. The average molecular weight is 230 g/mol. The van der Waals surface area contributed by atoms with Crippen LogP contribution in [0, 0.1) is 0 Å². The van der Waals surface area contributed by atoms with Gasteiger partial charge in [-0.1, -0.05) is 15.9 Å². The fraction of sp³-hybridized carbons (Fsp3) is 0.333. The molecular weight excluding hydrogens is 218 g/mol. The minimum absolute atomic E-state index is 0.00236. The Labute approximate surface area is 80.8 Å². The highest BCUT2D eigenvalue weighted by atomic mass is 79.9. The molecule has 1 unspecified atom stereocenters. The molecule has 1 aromatic carbocycles. The highest BCUT2D eigenvalue weighted by molar-refractivity contribution is 9.10. The molecule has 66 valence electrons. The van der Waals surface area contributed by atoms with Crippen LogP contribution in [0.3, 0.4) is 0 Å². The molecule has 0 fully saturated rings. The standard InChI is InChI=1S/C9H12BrNO/c1-6(11)8-5-7(10)3-4-9(8)12-2/h3-6H,11H2,1-2H3. The Morgan fingerprint density at radius 3 is 2.67 bits per heavy atom. The van der Waals surface area contributed by atoms with Crippen molar-refractivity contribution in [3.63, 3.8) is 0 Å². The molecule has 0 radical (unpaired) electrons. The van der Waals surface area contributed by atoms with Gasteiger partial charge in [0.25, 0.3) is 0 Å². The second-order valence-electron chi connectivity index (χ2n) is 2.67. The fourth-order valence-corrected chi connectivity index (χ4v) is 1.44. The molecule has 0 aliphatic carbocycles. The molecule has 2 nitrogen and oxygen atoms in total. The van der Waals surface area contributed by atoms with Crippen molar-refractivity contribution in [3.8, 4) is 5.75 Å². The van der Waals surface area contributed by atoms with Crippen LogP contribution in [0.1, 0.15) is 18.5 Å². The third kappa shape index (κ3) is 1.99. The SMILES string of the molecule is COc1ccc(Br)cc1C(C)N. The molecule has 1 rings (SSSR count). The van der Waals surface area contributed by atoms with Crippen LogP contribution in [0.15, 0.2) is 22.7 Å². The first-order valence-electron chi connectivity index (χ1n) is 3.74. The topological polar surface area (TPSA) is 35.2 Å². The summed E-state index contributed by atoms with van der Waals surface area (Å²) in [4.78, 5) is 0. The fourth-order valence-electron chi connectivity index (χ4n) is 1.06. The zero-order valence-corrected chi connectivity index (χ0v) is 8.76. The number of ether oxygens (including phenoxy) is 1. The van der Waals surface area contributed by atoms with E-state index >= 15 is 0 Å². The lowest BCUT2D eigenvalue weighted by atomic mass is 10.1. The van der Waals surface area contributed by atoms with E-state index in [4.69, 9.17) is 10.5 Å². The molecule has 0 aliphatic rings. The van der Waals surface area contributed by atoms with Gasteiger partial charge >= 0.3 is 0 Å². The van der Waals surface area contributed by atoms with E-state index in [1.54, 1.807) is 7.11 Å². The molecule has 0 aliphatic heterocycles. The predicted octanol–water partition coefficient (Wildman–Crippen LogP) is 2.48. The van der Waals surface area contributed by atoms with E-state index in [9.17, 15) is 0 Å². The summed E-state index contributed by atoms with van der Waals surface area (Å²) in [7, 11) is 1.65. The van der Waals surface area contributed by atoms with Gasteiger partial charge in [-0.3, -0.25) is 0 Å². The average Bonchev–Trinajstić information content (AvgIpc) is 2.04. The quantitative estimate of drug-likeness (QED) is 0.846. The summed E-state index contributed by atoms with van der Waals surface area (Å²) in [5.74, 6) is 0.841. The van der Waals surface area contributed by atoms with Crippen LogP contribution < -0.4 is 10.5 Å². The van der Waals surface area contributed by atoms with Crippen LogP contribution in [0.5, 0.6) is 5.75 Å². The smallest absolute Gasteiger partial charge is 0.123 e. The summed E-state index contributed by atoms with van der Waals surface area (Å²) >= 11 is 3.38. The molecule has 1 atom stereocenters. The predicted molar refractivity (Wildman–Crippen MR) is 53.3 cm³/mol. The normalized spacial score (nSPS) is 12.7. The maximum atomic E-state index is 5.76. The third-order valence-electron chi connectivity index (χ3n) is 1.68. The maximum Gasteiger partial charge on any atom is 0.123 e. The van der Waals surface area contributed by atoms with Crippen molar-refractivity contribution in [3.05, 3.63) is 28.2 Å². The van der Waals surface area contributed by atoms with Gasteiger partial charge < -0.3 is 10.5 Å². The van der Waals surface area contributed by atoms with E-state index in [-0.39, 0.29) is 6.04 Å². The first-order chi connectivity index (χ1) is 5.65. The number of halogens is 1. The molecule has 12 heavy (non-hydrogen) atoms. The van der Waals surface area contributed by atoms with E-state index in [1.165, 1.54) is 0 Å². The van der Waals surface area contributed by atoms with Crippen molar-refractivity contribution < 1.29 is 4.74 Å². The molecule has 0 amide bonds. The summed E-state index contributed by atoms with van der Waals surface area (Å²) in [5.41, 5.74) is 6.78. The van der Waals surface area contributed by atoms with Gasteiger partial charge in [-0.25, -0.2) is 0 Å². The van der Waals surface area contributed by atoms with Crippen molar-refractivity contribution in [1.29, 1.82) is 0 Å². The van der Waals surface area contributed by atoms with Gasteiger partial charge in [0.1, 0.15) is 5.75 Å². The summed E-state index contributed by atoms with van der Waals surface area (Å²) < 4.78 is 6.18. The zero-order valence-electron chi connectivity index (χ0n) is 7.17. The summed E-state index contributed by atoms with van der Waals surface area (Å²) in [6.45, 7) is 1.93. The van der Waals surface area contributed by atoms with Gasteiger partial charge in [-0.2, -0.15) is 0 Å². The number of methoxy groups -OCH3 is 1. The van der Waals surface area contributed by atoms with Crippen LogP contribution >= 0.6 is 15.9 Å². The molecule has 0 saturated carbocycles. The number of rotatable bonds is 2. The zero-order chi connectivity index (χ0) is 9.14. The van der Waals surface area contributed by atoms with Gasteiger partial charge in [0.15, 0.2) is 0 Å². The minimum Gasteiger partial charge on any atom is -0.496 e. The minimum atomic E-state index is -0.00236. The molecule has 1 aromatic rings. The maximum absolute atomic E-state index is 5.76. The third-order valence-corrected chi connectivity index (χ3v) is 2.18. The number of benzene rings is 1. The number of nitrogens with two attached hydrogens (primary N) is 1. The first-order valence-corrected chi connectivity index (χ1v) is 4.53. The summed E-state index contributed by atoms with van der Waals surface area (Å²) in [5, 5.41) is 0. The second kappa shape index (κ2) is 3.92. The van der Waals surface area contributed by atoms with Gasteiger partial charge in [-0.05, 0) is 25.1 Å². The molecule has 3 heteroatoms. The molecule has 0 heterocycles. The van der Waals surface area contributed by atoms with Crippen molar-refractivity contribution in [2.75, 3.05) is 7.11 Å². The monoisotopic (exact) mass is 229 g/mol. The highest BCUT2D eigenvalue weighted by Crippen LogP contribution is 2.26. The van der Waals surface area contributed by atoms with E-state index in [0.717, 1.165) is 15.8 Å². The lowest BCUT2D eigenvalue weighted by Crippen LogP contribution is -2.06. The lowest BCUT2D eigenvalue weighted by molar-refractivity contribution is 0.407.